The Kier molecular flexibility index (Phi) is 6.03. The first-order chi connectivity index (χ1) is 13.5. The van der Waals surface area contributed by atoms with Gasteiger partial charge in [0.15, 0.2) is 0 Å². The Bertz CT molecular complexity index is 788. The van der Waals surface area contributed by atoms with Gasteiger partial charge in [-0.25, -0.2) is 18.1 Å². The lowest BCUT2D eigenvalue weighted by molar-refractivity contribution is 0.311. The van der Waals surface area contributed by atoms with Crippen LogP contribution in [0, 0.1) is 0 Å². The Balaban J connectivity index is 1.45. The van der Waals surface area contributed by atoms with Crippen LogP contribution >= 0.6 is 0 Å². The van der Waals surface area contributed by atoms with Crippen LogP contribution in [-0.4, -0.2) is 74.9 Å². The lowest BCUT2D eigenvalue weighted by Crippen LogP contribution is -2.45. The second-order valence-electron chi connectivity index (χ2n) is 8.29. The summed E-state index contributed by atoms with van der Waals surface area (Å²) in [6.45, 7) is 4.24. The zero-order chi connectivity index (χ0) is 19.6. The van der Waals surface area contributed by atoms with Crippen molar-refractivity contribution in [3.63, 3.8) is 0 Å². The van der Waals surface area contributed by atoms with Crippen molar-refractivity contribution in [2.75, 3.05) is 55.7 Å². The highest BCUT2D eigenvalue weighted by Gasteiger charge is 2.25. The number of nitrogens with one attached hydrogen (secondary N) is 2. The number of sulfonamides is 1. The van der Waals surface area contributed by atoms with Crippen molar-refractivity contribution in [3.8, 4) is 0 Å². The number of fused-ring (bicyclic) bond motifs is 1. The average molecular weight is 409 g/mol. The van der Waals surface area contributed by atoms with E-state index in [1.54, 1.807) is 0 Å². The fraction of sp³-hybridized carbons (Fsp3) is 0.789. The number of anilines is 2. The molecule has 8 nitrogen and oxygen atoms in total. The number of aromatic nitrogens is 2. The first kappa shape index (κ1) is 19.8. The van der Waals surface area contributed by atoms with Crippen molar-refractivity contribution < 1.29 is 8.42 Å². The van der Waals surface area contributed by atoms with Crippen LogP contribution in [-0.2, 0) is 22.9 Å². The maximum absolute atomic E-state index is 12.3. The largest absolute Gasteiger partial charge is 0.369 e. The number of hydrogen-bond donors (Lipinski definition) is 2. The Hall–Kier alpha value is -1.45. The van der Waals surface area contributed by atoms with E-state index < -0.39 is 10.0 Å². The molecule has 0 amide bonds. The molecule has 0 unspecified atom stereocenters. The van der Waals surface area contributed by atoms with Gasteiger partial charge < -0.3 is 15.1 Å². The van der Waals surface area contributed by atoms with Crippen LogP contribution < -0.4 is 14.9 Å². The molecule has 9 heteroatoms. The topological polar surface area (TPSA) is 90.5 Å². The highest BCUT2D eigenvalue weighted by molar-refractivity contribution is 7.89. The minimum absolute atomic E-state index is 0.0755. The Morgan fingerprint density at radius 2 is 1.79 bits per heavy atom. The molecule has 1 aromatic heterocycles. The van der Waals surface area contributed by atoms with Gasteiger partial charge in [-0.1, -0.05) is 6.42 Å². The third-order valence-electron chi connectivity index (χ3n) is 6.07. The second kappa shape index (κ2) is 8.51. The van der Waals surface area contributed by atoms with Crippen LogP contribution in [0.4, 0.5) is 11.8 Å². The Morgan fingerprint density at radius 1 is 1.04 bits per heavy atom. The van der Waals surface area contributed by atoms with Crippen molar-refractivity contribution >= 4 is 21.8 Å². The van der Waals surface area contributed by atoms with Crippen molar-refractivity contribution in [2.24, 2.45) is 0 Å². The van der Waals surface area contributed by atoms with Gasteiger partial charge in [-0.2, -0.15) is 4.98 Å². The van der Waals surface area contributed by atoms with Gasteiger partial charge in [0.1, 0.15) is 5.82 Å². The molecule has 3 aliphatic rings. The van der Waals surface area contributed by atoms with Crippen LogP contribution in [0.1, 0.15) is 43.4 Å². The number of nitrogens with zero attached hydrogens (tertiary/aromatic N) is 4. The van der Waals surface area contributed by atoms with Gasteiger partial charge in [-0.05, 0) is 45.6 Å². The van der Waals surface area contributed by atoms with E-state index in [2.05, 4.69) is 26.9 Å². The molecular formula is C19H32N6O2S. The molecule has 28 heavy (non-hydrogen) atoms. The maximum atomic E-state index is 12.3. The molecule has 2 fully saturated rings. The summed E-state index contributed by atoms with van der Waals surface area (Å²) in [7, 11) is -1.11. The first-order valence-corrected chi connectivity index (χ1v) is 12.2. The van der Waals surface area contributed by atoms with Crippen LogP contribution in [0.3, 0.4) is 0 Å². The molecule has 1 saturated carbocycles. The standard InChI is InChI=1S/C19H32N6O2S/c1-24-10-12-25(13-11-24)19-21-17-8-3-2-7-16(17)18(22-19)20-9-14-28(26,27)23-15-5-4-6-15/h15,23H,2-14H2,1H3,(H,20,21,22). The zero-order valence-corrected chi connectivity index (χ0v) is 17.6. The van der Waals surface area contributed by atoms with E-state index >= 15 is 0 Å². The molecular weight excluding hydrogens is 376 g/mol. The third-order valence-corrected chi connectivity index (χ3v) is 7.51. The molecule has 156 valence electrons. The Morgan fingerprint density at radius 3 is 2.50 bits per heavy atom. The molecule has 4 rings (SSSR count). The van der Waals surface area contributed by atoms with Crippen molar-refractivity contribution in [1.82, 2.24) is 19.6 Å². The summed E-state index contributed by atoms with van der Waals surface area (Å²) < 4.78 is 27.3. The van der Waals surface area contributed by atoms with Gasteiger partial charge in [0.05, 0.1) is 11.4 Å². The van der Waals surface area contributed by atoms with Crippen LogP contribution in [0.5, 0.6) is 0 Å². The summed E-state index contributed by atoms with van der Waals surface area (Å²) in [5, 5.41) is 3.32. The van der Waals surface area contributed by atoms with E-state index in [9.17, 15) is 8.42 Å². The quantitative estimate of drug-likeness (QED) is 0.695. The van der Waals surface area contributed by atoms with Gasteiger partial charge in [0, 0.05) is 44.3 Å². The number of aryl methyl sites for hydroxylation is 1. The third kappa shape index (κ3) is 4.75. The van der Waals surface area contributed by atoms with E-state index in [-0.39, 0.29) is 11.8 Å². The summed E-state index contributed by atoms with van der Waals surface area (Å²) in [6, 6.07) is 0.139. The monoisotopic (exact) mass is 408 g/mol. The lowest BCUT2D eigenvalue weighted by Gasteiger charge is -2.33. The van der Waals surface area contributed by atoms with Crippen LogP contribution in [0.15, 0.2) is 0 Å². The highest BCUT2D eigenvalue weighted by atomic mass is 32.2. The molecule has 1 saturated heterocycles. The molecule has 0 radical (unpaired) electrons. The van der Waals surface area contributed by atoms with Crippen molar-refractivity contribution in [3.05, 3.63) is 11.3 Å². The molecule has 0 spiro atoms. The van der Waals surface area contributed by atoms with Crippen LogP contribution in [0.25, 0.3) is 0 Å². The van der Waals surface area contributed by atoms with Gasteiger partial charge in [-0.15, -0.1) is 0 Å². The van der Waals surface area contributed by atoms with Crippen molar-refractivity contribution in [1.29, 1.82) is 0 Å². The second-order valence-corrected chi connectivity index (χ2v) is 10.2. The first-order valence-electron chi connectivity index (χ1n) is 10.6. The minimum atomic E-state index is -3.24. The van der Waals surface area contributed by atoms with E-state index in [0.717, 1.165) is 88.6 Å². The summed E-state index contributed by atoms with van der Waals surface area (Å²) in [5.41, 5.74) is 2.31. The van der Waals surface area contributed by atoms with Crippen molar-refractivity contribution in [2.45, 2.75) is 51.0 Å². The summed E-state index contributed by atoms with van der Waals surface area (Å²) in [4.78, 5) is 14.2. The number of hydrogen-bond acceptors (Lipinski definition) is 7. The van der Waals surface area contributed by atoms with E-state index in [4.69, 9.17) is 9.97 Å². The molecule has 0 bridgehead atoms. The Labute approximate surface area is 168 Å². The maximum Gasteiger partial charge on any atom is 0.227 e. The SMILES string of the molecule is CN1CCN(c2nc3c(c(NCCS(=O)(=O)NC4CCC4)n2)CCCC3)CC1. The van der Waals surface area contributed by atoms with Gasteiger partial charge in [0.25, 0.3) is 0 Å². The zero-order valence-electron chi connectivity index (χ0n) is 16.8. The van der Waals surface area contributed by atoms with E-state index in [0.29, 0.717) is 6.54 Å². The molecule has 1 aromatic rings. The minimum Gasteiger partial charge on any atom is -0.369 e. The molecule has 0 aromatic carbocycles. The number of piperazine rings is 1. The number of likely N-dealkylation sites (N-methyl/N-ethyl adjacent to an activating group) is 1. The fourth-order valence-electron chi connectivity index (χ4n) is 4.02. The fourth-order valence-corrected chi connectivity index (χ4v) is 5.25. The normalized spacial score (nSPS) is 21.2. The van der Waals surface area contributed by atoms with E-state index in [1.165, 1.54) is 5.56 Å². The summed E-state index contributed by atoms with van der Waals surface area (Å²) >= 11 is 0. The molecule has 2 aliphatic carbocycles. The van der Waals surface area contributed by atoms with Gasteiger partial charge in [-0.3, -0.25) is 0 Å². The summed E-state index contributed by atoms with van der Waals surface area (Å²) in [6.07, 6.45) is 7.28. The van der Waals surface area contributed by atoms with E-state index in [1.807, 2.05) is 0 Å². The molecule has 0 atom stereocenters. The number of rotatable bonds is 7. The molecule has 2 heterocycles. The average Bonchev–Trinajstić information content (AvgIpc) is 2.65. The smallest absolute Gasteiger partial charge is 0.227 e. The molecule has 2 N–H and O–H groups in total. The predicted octanol–water partition coefficient (Wildman–Crippen LogP) is 0.991. The van der Waals surface area contributed by atoms with Crippen LogP contribution in [0.2, 0.25) is 0 Å². The molecule has 1 aliphatic heterocycles. The van der Waals surface area contributed by atoms with Gasteiger partial charge in [0.2, 0.25) is 16.0 Å². The predicted molar refractivity (Wildman–Crippen MR) is 111 cm³/mol. The highest BCUT2D eigenvalue weighted by Crippen LogP contribution is 2.28. The summed E-state index contributed by atoms with van der Waals surface area (Å²) in [5.74, 6) is 1.69. The van der Waals surface area contributed by atoms with Gasteiger partial charge >= 0.3 is 0 Å². The lowest BCUT2D eigenvalue weighted by atomic mass is 9.94.